The van der Waals surface area contributed by atoms with Crippen LogP contribution in [0.15, 0.2) is 48.0 Å². The van der Waals surface area contributed by atoms with Gasteiger partial charge in [-0.15, -0.1) is 0 Å². The number of rotatable bonds is 8. The minimum absolute atomic E-state index is 0.125. The number of ether oxygens (including phenoxy) is 2. The van der Waals surface area contributed by atoms with Crippen LogP contribution in [0.1, 0.15) is 30.5 Å². The summed E-state index contributed by atoms with van der Waals surface area (Å²) >= 11 is 6.12. The summed E-state index contributed by atoms with van der Waals surface area (Å²) in [5.41, 5.74) is 0.182. The number of nitrogens with zero attached hydrogens (tertiary/aromatic N) is 1. The van der Waals surface area contributed by atoms with Crippen LogP contribution in [0.2, 0.25) is 5.02 Å². The predicted molar refractivity (Wildman–Crippen MR) is 115 cm³/mol. The number of benzene rings is 2. The molecule has 8 heteroatoms. The van der Waals surface area contributed by atoms with Crippen molar-refractivity contribution in [1.82, 2.24) is 4.90 Å². The Hall–Kier alpha value is -2.90. The molecular formula is C23H23ClFNO5. The van der Waals surface area contributed by atoms with Crippen molar-refractivity contribution in [2.45, 2.75) is 19.4 Å². The molecule has 1 heterocycles. The summed E-state index contributed by atoms with van der Waals surface area (Å²) in [7, 11) is 1.53. The smallest absolute Gasteiger partial charge is 0.295 e. The third-order valence-electron chi connectivity index (χ3n) is 4.99. The molecule has 1 fully saturated rings. The van der Waals surface area contributed by atoms with Gasteiger partial charge in [-0.3, -0.25) is 9.59 Å². The fraction of sp³-hybridized carbons (Fsp3) is 0.304. The van der Waals surface area contributed by atoms with Gasteiger partial charge in [0.1, 0.15) is 17.3 Å². The Morgan fingerprint density at radius 1 is 1.23 bits per heavy atom. The molecule has 1 atom stereocenters. The molecule has 2 aromatic carbocycles. The Labute approximate surface area is 184 Å². The van der Waals surface area contributed by atoms with E-state index in [9.17, 15) is 19.1 Å². The fourth-order valence-electron chi connectivity index (χ4n) is 3.58. The van der Waals surface area contributed by atoms with Crippen LogP contribution in [0.4, 0.5) is 4.39 Å². The second-order valence-corrected chi connectivity index (χ2v) is 7.35. The van der Waals surface area contributed by atoms with Crippen LogP contribution in [0.5, 0.6) is 5.75 Å². The van der Waals surface area contributed by atoms with Gasteiger partial charge in [0.15, 0.2) is 0 Å². The molecule has 1 aliphatic heterocycles. The van der Waals surface area contributed by atoms with E-state index >= 15 is 0 Å². The largest absolute Gasteiger partial charge is 0.507 e. The molecule has 0 aliphatic carbocycles. The van der Waals surface area contributed by atoms with Crippen molar-refractivity contribution in [2.75, 3.05) is 26.9 Å². The van der Waals surface area contributed by atoms with E-state index in [1.807, 2.05) is 0 Å². The number of likely N-dealkylation sites (tertiary alicyclic amines) is 1. The van der Waals surface area contributed by atoms with Crippen LogP contribution in [-0.2, 0) is 14.3 Å². The molecule has 0 radical (unpaired) electrons. The predicted octanol–water partition coefficient (Wildman–Crippen LogP) is 4.34. The lowest BCUT2D eigenvalue weighted by molar-refractivity contribution is -0.140. The van der Waals surface area contributed by atoms with Crippen molar-refractivity contribution >= 4 is 29.1 Å². The molecule has 1 saturated heterocycles. The number of amides is 1. The zero-order valence-electron chi connectivity index (χ0n) is 17.2. The van der Waals surface area contributed by atoms with Gasteiger partial charge in [-0.2, -0.15) is 0 Å². The first-order chi connectivity index (χ1) is 14.9. The van der Waals surface area contributed by atoms with Gasteiger partial charge in [0.05, 0.1) is 23.2 Å². The molecule has 1 N–H and O–H groups in total. The van der Waals surface area contributed by atoms with Crippen LogP contribution < -0.4 is 4.74 Å². The molecule has 0 saturated carbocycles. The summed E-state index contributed by atoms with van der Waals surface area (Å²) in [6.07, 6.45) is 0.448. The fourth-order valence-corrected chi connectivity index (χ4v) is 3.75. The lowest BCUT2D eigenvalue weighted by Crippen LogP contribution is -2.31. The Morgan fingerprint density at radius 3 is 2.65 bits per heavy atom. The number of carbonyl (C=O) groups excluding carboxylic acids is 2. The van der Waals surface area contributed by atoms with Gasteiger partial charge < -0.3 is 19.5 Å². The summed E-state index contributed by atoms with van der Waals surface area (Å²) in [6, 6.07) is 9.33. The number of halogens is 2. The van der Waals surface area contributed by atoms with E-state index in [-0.39, 0.29) is 23.2 Å². The number of methoxy groups -OCH3 is 1. The summed E-state index contributed by atoms with van der Waals surface area (Å²) in [6.45, 7) is 2.66. The van der Waals surface area contributed by atoms with Gasteiger partial charge in [-0.1, -0.05) is 29.8 Å². The van der Waals surface area contributed by atoms with E-state index in [0.29, 0.717) is 30.4 Å². The normalized spacial score (nSPS) is 17.9. The first-order valence-electron chi connectivity index (χ1n) is 9.85. The quantitative estimate of drug-likeness (QED) is 0.282. The van der Waals surface area contributed by atoms with Crippen LogP contribution in [0.25, 0.3) is 5.76 Å². The Kier molecular flexibility index (Phi) is 7.30. The van der Waals surface area contributed by atoms with Crippen molar-refractivity contribution in [3.05, 3.63) is 70.0 Å². The molecule has 3 rings (SSSR count). The molecule has 1 amide bonds. The minimum Gasteiger partial charge on any atom is -0.507 e. The second kappa shape index (κ2) is 9.94. The summed E-state index contributed by atoms with van der Waals surface area (Å²) in [4.78, 5) is 27.0. The van der Waals surface area contributed by atoms with Crippen LogP contribution in [0.3, 0.4) is 0 Å². The van der Waals surface area contributed by atoms with Gasteiger partial charge in [0, 0.05) is 31.4 Å². The van der Waals surface area contributed by atoms with Gasteiger partial charge in [-0.05, 0) is 37.6 Å². The first kappa shape index (κ1) is 22.8. The highest BCUT2D eigenvalue weighted by atomic mass is 35.5. The Morgan fingerprint density at radius 2 is 1.97 bits per heavy atom. The highest BCUT2D eigenvalue weighted by Gasteiger charge is 2.46. The van der Waals surface area contributed by atoms with Crippen LogP contribution >= 0.6 is 11.6 Å². The minimum atomic E-state index is -1.07. The number of carbonyl (C=O) groups is 2. The van der Waals surface area contributed by atoms with Crippen molar-refractivity contribution < 1.29 is 28.6 Å². The Balaban J connectivity index is 2.15. The topological polar surface area (TPSA) is 76.1 Å². The van der Waals surface area contributed by atoms with Crippen molar-refractivity contribution in [3.8, 4) is 5.75 Å². The first-order valence-corrected chi connectivity index (χ1v) is 10.2. The summed E-state index contributed by atoms with van der Waals surface area (Å²) in [5, 5.41) is 11.4. The second-order valence-electron chi connectivity index (χ2n) is 6.94. The number of ketones is 1. The van der Waals surface area contributed by atoms with Gasteiger partial charge in [0.2, 0.25) is 0 Å². The highest BCUT2D eigenvalue weighted by Crippen LogP contribution is 2.41. The van der Waals surface area contributed by atoms with E-state index in [1.165, 1.54) is 48.4 Å². The van der Waals surface area contributed by atoms with Crippen LogP contribution in [-0.4, -0.2) is 48.6 Å². The van der Waals surface area contributed by atoms with E-state index in [0.717, 1.165) is 0 Å². The van der Waals surface area contributed by atoms with Gasteiger partial charge in [0.25, 0.3) is 11.7 Å². The number of hydrogen-bond acceptors (Lipinski definition) is 5. The van der Waals surface area contributed by atoms with Gasteiger partial charge in [-0.25, -0.2) is 4.39 Å². The molecule has 0 bridgehead atoms. The van der Waals surface area contributed by atoms with E-state index < -0.39 is 29.3 Å². The molecule has 6 nitrogen and oxygen atoms in total. The highest BCUT2D eigenvalue weighted by molar-refractivity contribution is 6.46. The molecule has 2 aromatic rings. The lowest BCUT2D eigenvalue weighted by atomic mass is 9.95. The lowest BCUT2D eigenvalue weighted by Gasteiger charge is -2.25. The molecule has 1 aliphatic rings. The third-order valence-corrected chi connectivity index (χ3v) is 5.30. The molecule has 1 unspecified atom stereocenters. The molecule has 31 heavy (non-hydrogen) atoms. The standard InChI is InChI=1S/C23H23ClFNO5/c1-3-31-18-13-14(9-10-16(18)24)21(27)19-20(15-7-4-5-8-17(15)25)26(11-6-12-30-2)23(29)22(19)28/h4-5,7-10,13,20,27H,3,6,11-12H2,1-2H3/b21-19+. The number of hydrogen-bond donors (Lipinski definition) is 1. The molecule has 0 aromatic heterocycles. The number of aliphatic hydroxyl groups is 1. The van der Waals surface area contributed by atoms with E-state index in [4.69, 9.17) is 21.1 Å². The van der Waals surface area contributed by atoms with E-state index in [1.54, 1.807) is 13.0 Å². The van der Waals surface area contributed by atoms with E-state index in [2.05, 4.69) is 0 Å². The van der Waals surface area contributed by atoms with Gasteiger partial charge >= 0.3 is 0 Å². The molecular weight excluding hydrogens is 425 g/mol. The monoisotopic (exact) mass is 447 g/mol. The zero-order valence-corrected chi connectivity index (χ0v) is 18.0. The average molecular weight is 448 g/mol. The molecule has 164 valence electrons. The SMILES string of the molecule is CCOc1cc(/C(O)=C2\C(=O)C(=O)N(CCCOC)C2c2ccccc2F)ccc1Cl. The Bertz CT molecular complexity index is 1020. The average Bonchev–Trinajstić information content (AvgIpc) is 3.00. The maximum atomic E-state index is 14.7. The van der Waals surface area contributed by atoms with Crippen molar-refractivity contribution in [2.24, 2.45) is 0 Å². The molecule has 0 spiro atoms. The number of aliphatic hydroxyl groups excluding tert-OH is 1. The summed E-state index contributed by atoms with van der Waals surface area (Å²) < 4.78 is 25.2. The summed E-state index contributed by atoms with van der Waals surface area (Å²) in [5.74, 6) is -2.35. The maximum absolute atomic E-state index is 14.7. The maximum Gasteiger partial charge on any atom is 0.295 e. The van der Waals surface area contributed by atoms with Crippen molar-refractivity contribution in [3.63, 3.8) is 0 Å². The third kappa shape index (κ3) is 4.57. The number of Topliss-reactive ketones (excluding diaryl/α,β-unsaturated/α-hetero) is 1. The van der Waals surface area contributed by atoms with Crippen molar-refractivity contribution in [1.29, 1.82) is 0 Å². The van der Waals surface area contributed by atoms with Crippen LogP contribution in [0, 0.1) is 5.82 Å². The zero-order chi connectivity index (χ0) is 22.5.